The number of nitriles is 1. The number of anilines is 1. The molecule has 0 aromatic heterocycles. The molecule has 164 valence electrons. The number of rotatable bonds is 5. The van der Waals surface area contributed by atoms with Crippen LogP contribution in [0.5, 0.6) is 5.75 Å². The normalized spacial score (nSPS) is 17.1. The lowest BCUT2D eigenvalue weighted by molar-refractivity contribution is -0.132. The first-order chi connectivity index (χ1) is 16.0. The summed E-state index contributed by atoms with van der Waals surface area (Å²) in [4.78, 5) is 27.7. The summed E-state index contributed by atoms with van der Waals surface area (Å²) in [6, 6.07) is 21.9. The molecule has 1 aliphatic rings. The monoisotopic (exact) mass is 438 g/mol. The highest BCUT2D eigenvalue weighted by molar-refractivity contribution is 6.51. The van der Waals surface area contributed by atoms with Gasteiger partial charge in [-0.15, -0.1) is 0 Å². The number of aliphatic hydroxyl groups excluding tert-OH is 1. The molecule has 0 bridgehead atoms. The molecule has 33 heavy (non-hydrogen) atoms. The smallest absolute Gasteiger partial charge is 0.300 e. The minimum Gasteiger partial charge on any atom is -0.507 e. The molecule has 6 heteroatoms. The molecule has 3 aromatic carbocycles. The fourth-order valence-corrected chi connectivity index (χ4v) is 3.95. The van der Waals surface area contributed by atoms with Gasteiger partial charge in [-0.3, -0.25) is 14.5 Å². The minimum absolute atomic E-state index is 0.0128. The molecule has 1 aliphatic heterocycles. The van der Waals surface area contributed by atoms with Crippen LogP contribution in [0.1, 0.15) is 35.2 Å². The third-order valence-electron chi connectivity index (χ3n) is 5.79. The SMILES string of the molecule is CCc1ccc(/C(O)=C2\C(=O)C(=O)N(c3ccc(C#N)cc3)C2c2ccc(OC)cc2)cc1. The Morgan fingerprint density at radius 3 is 2.18 bits per heavy atom. The van der Waals surface area contributed by atoms with E-state index in [1.54, 1.807) is 67.8 Å². The van der Waals surface area contributed by atoms with Crippen molar-refractivity contribution in [2.45, 2.75) is 19.4 Å². The van der Waals surface area contributed by atoms with Gasteiger partial charge in [0.05, 0.1) is 30.4 Å². The molecule has 3 aromatic rings. The Morgan fingerprint density at radius 2 is 1.64 bits per heavy atom. The van der Waals surface area contributed by atoms with E-state index in [0.29, 0.717) is 28.1 Å². The van der Waals surface area contributed by atoms with Crippen LogP contribution in [0, 0.1) is 11.3 Å². The number of amides is 1. The van der Waals surface area contributed by atoms with Crippen LogP contribution in [-0.4, -0.2) is 23.9 Å². The lowest BCUT2D eigenvalue weighted by Crippen LogP contribution is -2.29. The van der Waals surface area contributed by atoms with Crippen molar-refractivity contribution < 1.29 is 19.4 Å². The van der Waals surface area contributed by atoms with Crippen LogP contribution in [0.4, 0.5) is 5.69 Å². The molecule has 0 spiro atoms. The van der Waals surface area contributed by atoms with Crippen LogP contribution < -0.4 is 9.64 Å². The number of carbonyl (C=O) groups excluding carboxylic acids is 2. The van der Waals surface area contributed by atoms with Crippen LogP contribution in [0.15, 0.2) is 78.4 Å². The molecule has 1 heterocycles. The standard InChI is InChI=1S/C27H22N2O4/c1-3-17-4-8-20(9-5-17)25(30)23-24(19-10-14-22(33-2)15-11-19)29(27(32)26(23)31)21-12-6-18(16-28)7-13-21/h4-15,24,30H,3H2,1-2H3/b25-23+. The highest BCUT2D eigenvalue weighted by Crippen LogP contribution is 2.42. The molecule has 1 N–H and O–H groups in total. The number of aryl methyl sites for hydroxylation is 1. The minimum atomic E-state index is -0.838. The van der Waals surface area contributed by atoms with Gasteiger partial charge in [0.25, 0.3) is 11.7 Å². The largest absolute Gasteiger partial charge is 0.507 e. The first-order valence-electron chi connectivity index (χ1n) is 10.5. The van der Waals surface area contributed by atoms with Gasteiger partial charge in [-0.1, -0.05) is 43.3 Å². The van der Waals surface area contributed by atoms with Crippen LogP contribution in [0.2, 0.25) is 0 Å². The average molecular weight is 438 g/mol. The first-order valence-corrected chi connectivity index (χ1v) is 10.5. The second-order valence-corrected chi connectivity index (χ2v) is 7.65. The van der Waals surface area contributed by atoms with Gasteiger partial charge < -0.3 is 9.84 Å². The summed E-state index contributed by atoms with van der Waals surface area (Å²) in [6.07, 6.45) is 0.843. The van der Waals surface area contributed by atoms with E-state index in [1.165, 1.54) is 4.90 Å². The van der Waals surface area contributed by atoms with E-state index in [0.717, 1.165) is 12.0 Å². The number of hydrogen-bond donors (Lipinski definition) is 1. The number of ether oxygens (including phenoxy) is 1. The molecule has 1 atom stereocenters. The highest BCUT2D eigenvalue weighted by atomic mass is 16.5. The van der Waals surface area contributed by atoms with Crippen LogP contribution >= 0.6 is 0 Å². The van der Waals surface area contributed by atoms with Crippen LogP contribution in [-0.2, 0) is 16.0 Å². The number of carbonyl (C=O) groups is 2. The van der Waals surface area contributed by atoms with Gasteiger partial charge in [0.2, 0.25) is 0 Å². The Kier molecular flexibility index (Phi) is 5.97. The van der Waals surface area contributed by atoms with E-state index in [2.05, 4.69) is 0 Å². The molecular formula is C27H22N2O4. The lowest BCUT2D eigenvalue weighted by Gasteiger charge is -2.25. The summed E-state index contributed by atoms with van der Waals surface area (Å²) in [5.41, 5.74) is 3.11. The van der Waals surface area contributed by atoms with Crippen molar-refractivity contribution in [3.63, 3.8) is 0 Å². The van der Waals surface area contributed by atoms with E-state index in [9.17, 15) is 14.7 Å². The maximum absolute atomic E-state index is 13.2. The predicted octanol–water partition coefficient (Wildman–Crippen LogP) is 4.76. The molecule has 4 rings (SSSR count). The molecule has 0 radical (unpaired) electrons. The van der Waals surface area contributed by atoms with Gasteiger partial charge in [-0.05, 0) is 53.9 Å². The van der Waals surface area contributed by atoms with Crippen molar-refractivity contribution in [3.8, 4) is 11.8 Å². The zero-order valence-corrected chi connectivity index (χ0v) is 18.3. The number of nitrogens with zero attached hydrogens (tertiary/aromatic N) is 2. The van der Waals surface area contributed by atoms with Gasteiger partial charge >= 0.3 is 0 Å². The van der Waals surface area contributed by atoms with E-state index >= 15 is 0 Å². The van der Waals surface area contributed by atoms with Crippen molar-refractivity contribution in [2.24, 2.45) is 0 Å². The van der Waals surface area contributed by atoms with Crippen molar-refractivity contribution in [3.05, 3.63) is 101 Å². The third-order valence-corrected chi connectivity index (χ3v) is 5.79. The zero-order valence-electron chi connectivity index (χ0n) is 18.3. The summed E-state index contributed by atoms with van der Waals surface area (Å²) in [5, 5.41) is 20.3. The summed E-state index contributed by atoms with van der Waals surface area (Å²) < 4.78 is 5.24. The Hall–Kier alpha value is -4.37. The zero-order chi connectivity index (χ0) is 23.5. The molecule has 1 unspecified atom stereocenters. The first kappa shape index (κ1) is 21.8. The maximum Gasteiger partial charge on any atom is 0.300 e. The fraction of sp³-hybridized carbons (Fsp3) is 0.148. The van der Waals surface area contributed by atoms with Crippen LogP contribution in [0.3, 0.4) is 0 Å². The molecule has 6 nitrogen and oxygen atoms in total. The molecule has 0 aliphatic carbocycles. The van der Waals surface area contributed by atoms with Gasteiger partial charge in [-0.2, -0.15) is 5.26 Å². The predicted molar refractivity (Wildman–Crippen MR) is 125 cm³/mol. The quantitative estimate of drug-likeness (QED) is 0.352. The van der Waals surface area contributed by atoms with E-state index in [4.69, 9.17) is 10.00 Å². The summed E-state index contributed by atoms with van der Waals surface area (Å²) in [7, 11) is 1.55. The lowest BCUT2D eigenvalue weighted by atomic mass is 9.94. The van der Waals surface area contributed by atoms with Crippen molar-refractivity contribution >= 4 is 23.1 Å². The van der Waals surface area contributed by atoms with E-state index < -0.39 is 17.7 Å². The van der Waals surface area contributed by atoms with Gasteiger partial charge in [-0.25, -0.2) is 0 Å². The number of Topliss-reactive ketones (excluding diaryl/α,β-unsaturated/α-hetero) is 1. The van der Waals surface area contributed by atoms with Crippen molar-refractivity contribution in [1.82, 2.24) is 0 Å². The second-order valence-electron chi connectivity index (χ2n) is 7.65. The highest BCUT2D eigenvalue weighted by Gasteiger charge is 2.46. The topological polar surface area (TPSA) is 90.6 Å². The number of benzene rings is 3. The number of hydrogen-bond acceptors (Lipinski definition) is 5. The van der Waals surface area contributed by atoms with Crippen molar-refractivity contribution in [2.75, 3.05) is 12.0 Å². The second kappa shape index (κ2) is 9.01. The molecule has 1 saturated heterocycles. The van der Waals surface area contributed by atoms with E-state index in [-0.39, 0.29) is 11.3 Å². The Morgan fingerprint density at radius 1 is 1.00 bits per heavy atom. The van der Waals surface area contributed by atoms with Gasteiger partial charge in [0.15, 0.2) is 0 Å². The Balaban J connectivity index is 1.90. The maximum atomic E-state index is 13.2. The number of aliphatic hydroxyl groups is 1. The molecule has 0 saturated carbocycles. The average Bonchev–Trinajstić information content (AvgIpc) is 3.14. The summed E-state index contributed by atoms with van der Waals surface area (Å²) in [5.74, 6) is -1.11. The summed E-state index contributed by atoms with van der Waals surface area (Å²) in [6.45, 7) is 2.03. The van der Waals surface area contributed by atoms with Gasteiger partial charge in [0, 0.05) is 11.3 Å². The Labute approximate surface area is 192 Å². The number of ketones is 1. The molecule has 1 fully saturated rings. The molecule has 1 amide bonds. The fourth-order valence-electron chi connectivity index (χ4n) is 3.95. The number of methoxy groups -OCH3 is 1. The summed E-state index contributed by atoms with van der Waals surface area (Å²) >= 11 is 0. The Bertz CT molecular complexity index is 1270. The van der Waals surface area contributed by atoms with Crippen LogP contribution in [0.25, 0.3) is 5.76 Å². The van der Waals surface area contributed by atoms with Crippen molar-refractivity contribution in [1.29, 1.82) is 5.26 Å². The van der Waals surface area contributed by atoms with E-state index in [1.807, 2.05) is 25.1 Å². The van der Waals surface area contributed by atoms with Gasteiger partial charge in [0.1, 0.15) is 11.5 Å². The molecular weight excluding hydrogens is 416 g/mol. The third kappa shape index (κ3) is 3.97.